The van der Waals surface area contributed by atoms with Crippen molar-refractivity contribution in [2.75, 3.05) is 26.2 Å². The van der Waals surface area contributed by atoms with Gasteiger partial charge in [-0.2, -0.15) is 0 Å². The molecule has 2 saturated heterocycles. The molecule has 1 amide bonds. The number of amides is 1. The minimum Gasteiger partial charge on any atom is -0.338 e. The smallest absolute Gasteiger partial charge is 0.254 e. The van der Waals surface area contributed by atoms with Crippen molar-refractivity contribution in [2.24, 2.45) is 11.8 Å². The number of halogens is 3. The lowest BCUT2D eigenvalue weighted by Gasteiger charge is -2.34. The Bertz CT molecular complexity index is 526. The molecule has 1 aromatic carbocycles. The Kier molecular flexibility index (Phi) is 3.41. The number of hydrogen-bond acceptors (Lipinski definition) is 2. The van der Waals surface area contributed by atoms with E-state index in [-0.39, 0.29) is 5.56 Å². The van der Waals surface area contributed by atoms with Gasteiger partial charge < -0.3 is 10.2 Å². The number of rotatable bonds is 1. The van der Waals surface area contributed by atoms with Crippen molar-refractivity contribution in [3.8, 4) is 0 Å². The third-order valence-corrected chi connectivity index (χ3v) is 4.22. The molecule has 2 fully saturated rings. The molecule has 0 saturated carbocycles. The monoisotopic (exact) mass is 284 g/mol. The summed E-state index contributed by atoms with van der Waals surface area (Å²) in [5, 5.41) is 3.28. The second kappa shape index (κ2) is 5.09. The maximum Gasteiger partial charge on any atom is 0.254 e. The van der Waals surface area contributed by atoms with Crippen LogP contribution in [0.2, 0.25) is 0 Å². The predicted octanol–water partition coefficient (Wildman–Crippen LogP) is 1.79. The number of fused-ring (bicyclic) bond motifs is 1. The zero-order valence-corrected chi connectivity index (χ0v) is 10.8. The fourth-order valence-electron chi connectivity index (χ4n) is 3.08. The van der Waals surface area contributed by atoms with Crippen molar-refractivity contribution >= 4 is 5.91 Å². The summed E-state index contributed by atoms with van der Waals surface area (Å²) in [4.78, 5) is 13.9. The van der Waals surface area contributed by atoms with Crippen molar-refractivity contribution in [2.45, 2.75) is 6.42 Å². The van der Waals surface area contributed by atoms with Crippen LogP contribution in [-0.2, 0) is 0 Å². The summed E-state index contributed by atoms with van der Waals surface area (Å²) in [6, 6.07) is 1.53. The molecule has 0 aromatic heterocycles. The van der Waals surface area contributed by atoms with Crippen LogP contribution in [0.4, 0.5) is 13.2 Å². The van der Waals surface area contributed by atoms with Gasteiger partial charge in [-0.1, -0.05) is 0 Å². The normalized spacial score (nSPS) is 25.6. The molecule has 6 heteroatoms. The van der Waals surface area contributed by atoms with Crippen LogP contribution < -0.4 is 5.32 Å². The van der Waals surface area contributed by atoms with E-state index in [1.165, 1.54) is 0 Å². The minimum absolute atomic E-state index is 0.134. The van der Waals surface area contributed by atoms with Crippen LogP contribution in [0.25, 0.3) is 0 Å². The number of likely N-dealkylation sites (tertiary alicyclic amines) is 1. The van der Waals surface area contributed by atoms with Crippen molar-refractivity contribution in [1.82, 2.24) is 10.2 Å². The van der Waals surface area contributed by atoms with E-state index < -0.39 is 23.4 Å². The number of nitrogens with one attached hydrogen (secondary N) is 1. The molecule has 0 radical (unpaired) electrons. The zero-order valence-electron chi connectivity index (χ0n) is 10.8. The molecule has 2 heterocycles. The summed E-state index contributed by atoms with van der Waals surface area (Å²) in [6.07, 6.45) is 0.884. The molecular weight excluding hydrogens is 269 g/mol. The highest BCUT2D eigenvalue weighted by Gasteiger charge is 2.35. The van der Waals surface area contributed by atoms with Gasteiger partial charge in [0.2, 0.25) is 0 Å². The topological polar surface area (TPSA) is 32.3 Å². The number of piperidine rings is 1. The molecule has 3 nitrogen and oxygen atoms in total. The standard InChI is InChI=1S/C14H15F3N2O/c15-11-3-9(4-12(16)13(11)17)14(20)19-2-1-8-5-18-6-10(8)7-19/h3-4,8,10,18H,1-2,5-7H2. The molecule has 20 heavy (non-hydrogen) atoms. The maximum atomic E-state index is 13.2. The largest absolute Gasteiger partial charge is 0.338 e. The Labute approximate surface area is 114 Å². The zero-order chi connectivity index (χ0) is 14.3. The minimum atomic E-state index is -1.54. The van der Waals surface area contributed by atoms with Crippen LogP contribution in [0.3, 0.4) is 0 Å². The first-order chi connectivity index (χ1) is 9.56. The Hall–Kier alpha value is -1.56. The summed E-state index contributed by atoms with van der Waals surface area (Å²) < 4.78 is 39.3. The highest BCUT2D eigenvalue weighted by atomic mass is 19.2. The van der Waals surface area contributed by atoms with E-state index in [4.69, 9.17) is 0 Å². The first-order valence-corrected chi connectivity index (χ1v) is 6.71. The van der Waals surface area contributed by atoms with Gasteiger partial charge in [0.05, 0.1) is 0 Å². The average Bonchev–Trinajstić information content (AvgIpc) is 2.90. The summed E-state index contributed by atoms with van der Waals surface area (Å²) >= 11 is 0. The van der Waals surface area contributed by atoms with Gasteiger partial charge in [0.1, 0.15) is 0 Å². The van der Waals surface area contributed by atoms with Crippen LogP contribution in [0.15, 0.2) is 12.1 Å². The van der Waals surface area contributed by atoms with E-state index in [0.29, 0.717) is 24.9 Å². The van der Waals surface area contributed by atoms with Gasteiger partial charge >= 0.3 is 0 Å². The van der Waals surface area contributed by atoms with E-state index in [1.807, 2.05) is 0 Å². The van der Waals surface area contributed by atoms with E-state index in [1.54, 1.807) is 4.90 Å². The summed E-state index contributed by atoms with van der Waals surface area (Å²) in [5.74, 6) is -3.67. The summed E-state index contributed by atoms with van der Waals surface area (Å²) in [6.45, 7) is 2.98. The first-order valence-electron chi connectivity index (χ1n) is 6.71. The Morgan fingerprint density at radius 1 is 1.15 bits per heavy atom. The Morgan fingerprint density at radius 3 is 2.50 bits per heavy atom. The highest BCUT2D eigenvalue weighted by Crippen LogP contribution is 2.27. The highest BCUT2D eigenvalue weighted by molar-refractivity contribution is 5.94. The van der Waals surface area contributed by atoms with E-state index >= 15 is 0 Å². The first kappa shape index (κ1) is 13.4. The SMILES string of the molecule is O=C(c1cc(F)c(F)c(F)c1)N1CCC2CNCC2C1. The number of carbonyl (C=O) groups is 1. The van der Waals surface area contributed by atoms with E-state index in [2.05, 4.69) is 5.32 Å². The fraction of sp³-hybridized carbons (Fsp3) is 0.500. The number of nitrogens with zero attached hydrogens (tertiary/aromatic N) is 1. The van der Waals surface area contributed by atoms with Gasteiger partial charge in [-0.25, -0.2) is 13.2 Å². The van der Waals surface area contributed by atoms with E-state index in [0.717, 1.165) is 31.6 Å². The van der Waals surface area contributed by atoms with Crippen molar-refractivity contribution in [3.05, 3.63) is 35.1 Å². The summed E-state index contributed by atoms with van der Waals surface area (Å²) in [7, 11) is 0. The molecule has 2 atom stereocenters. The molecule has 0 aliphatic carbocycles. The maximum absolute atomic E-state index is 13.2. The van der Waals surface area contributed by atoms with Crippen LogP contribution in [0.1, 0.15) is 16.8 Å². The lowest BCUT2D eigenvalue weighted by molar-refractivity contribution is 0.0641. The Balaban J connectivity index is 1.79. The molecule has 1 N–H and O–H groups in total. The lowest BCUT2D eigenvalue weighted by atomic mass is 9.88. The molecule has 2 unspecified atom stereocenters. The molecule has 2 aliphatic heterocycles. The second-order valence-corrected chi connectivity index (χ2v) is 5.47. The number of carbonyl (C=O) groups excluding carboxylic acids is 1. The van der Waals surface area contributed by atoms with Gasteiger partial charge in [-0.15, -0.1) is 0 Å². The number of hydrogen-bond donors (Lipinski definition) is 1. The van der Waals surface area contributed by atoms with Crippen LogP contribution in [0, 0.1) is 29.3 Å². The fourth-order valence-corrected chi connectivity index (χ4v) is 3.08. The molecule has 108 valence electrons. The summed E-state index contributed by atoms with van der Waals surface area (Å²) in [5.41, 5.74) is -0.134. The molecule has 1 aromatic rings. The third-order valence-electron chi connectivity index (χ3n) is 4.22. The predicted molar refractivity (Wildman–Crippen MR) is 66.7 cm³/mol. The molecule has 3 rings (SSSR count). The van der Waals surface area contributed by atoms with Crippen LogP contribution in [0.5, 0.6) is 0 Å². The Morgan fingerprint density at radius 2 is 1.80 bits per heavy atom. The van der Waals surface area contributed by atoms with E-state index in [9.17, 15) is 18.0 Å². The molecular formula is C14H15F3N2O. The second-order valence-electron chi connectivity index (χ2n) is 5.47. The van der Waals surface area contributed by atoms with Crippen molar-refractivity contribution in [3.63, 3.8) is 0 Å². The van der Waals surface area contributed by atoms with Gasteiger partial charge in [-0.3, -0.25) is 4.79 Å². The van der Waals surface area contributed by atoms with Gasteiger partial charge in [0.15, 0.2) is 17.5 Å². The molecule has 0 bridgehead atoms. The van der Waals surface area contributed by atoms with Gasteiger partial charge in [0.25, 0.3) is 5.91 Å². The van der Waals surface area contributed by atoms with Gasteiger partial charge in [0, 0.05) is 18.7 Å². The van der Waals surface area contributed by atoms with Crippen LogP contribution in [-0.4, -0.2) is 37.0 Å². The number of benzene rings is 1. The van der Waals surface area contributed by atoms with Crippen molar-refractivity contribution in [1.29, 1.82) is 0 Å². The molecule has 0 spiro atoms. The third kappa shape index (κ3) is 2.28. The lowest BCUT2D eigenvalue weighted by Crippen LogP contribution is -2.43. The van der Waals surface area contributed by atoms with Crippen LogP contribution >= 0.6 is 0 Å². The molecule has 2 aliphatic rings. The van der Waals surface area contributed by atoms with Gasteiger partial charge in [-0.05, 0) is 43.5 Å². The average molecular weight is 284 g/mol. The van der Waals surface area contributed by atoms with Crippen molar-refractivity contribution < 1.29 is 18.0 Å². The quantitative estimate of drug-likeness (QED) is 0.797.